The molecule has 2 N–H and O–H groups in total. The molecule has 5 aromatic rings. The Hall–Kier alpha value is -5.53. The number of carbonyl (C=O) groups is 3. The molecule has 0 bridgehead atoms. The lowest BCUT2D eigenvalue weighted by Crippen LogP contribution is -2.45. The fraction of sp³-hybridized carbons (Fsp3) is 0.578. The van der Waals surface area contributed by atoms with E-state index in [0.717, 1.165) is 82.1 Å². The Morgan fingerprint density at radius 3 is 2.52 bits per heavy atom. The lowest BCUT2D eigenvalue weighted by atomic mass is 9.85. The van der Waals surface area contributed by atoms with Crippen molar-refractivity contribution in [2.45, 2.75) is 115 Å². The number of nitrogens with zero attached hydrogens (tertiary/aromatic N) is 9. The largest absolute Gasteiger partial charge is 0.378 e. The molecule has 0 spiro atoms. The van der Waals surface area contributed by atoms with E-state index >= 15 is 0 Å². The van der Waals surface area contributed by atoms with Crippen LogP contribution in [0.2, 0.25) is 0 Å². The number of carbonyl (C=O) groups excluding carboxylic acids is 3. The van der Waals surface area contributed by atoms with E-state index in [1.165, 1.54) is 15.3 Å². The van der Waals surface area contributed by atoms with Crippen molar-refractivity contribution < 1.29 is 32.6 Å². The Morgan fingerprint density at radius 2 is 1.78 bits per heavy atom. The summed E-state index contributed by atoms with van der Waals surface area (Å²) in [5.41, 5.74) is 2.30. The van der Waals surface area contributed by atoms with Gasteiger partial charge in [-0.3, -0.25) is 33.5 Å². The molecule has 4 aliphatic rings. The van der Waals surface area contributed by atoms with Gasteiger partial charge in [-0.2, -0.15) is 10.2 Å². The zero-order chi connectivity index (χ0) is 44.6. The molecule has 1 saturated carbocycles. The number of alkyl halides is 2. The van der Waals surface area contributed by atoms with E-state index in [0.29, 0.717) is 49.0 Å². The fourth-order valence-electron chi connectivity index (χ4n) is 10.3. The molecule has 17 nitrogen and oxygen atoms in total. The summed E-state index contributed by atoms with van der Waals surface area (Å²) in [5.74, 6) is -0.147. The Bertz CT molecular complexity index is 2560. The Kier molecular flexibility index (Phi) is 12.6. The number of likely N-dealkylation sites (tertiary alicyclic amines) is 1. The number of amides is 3. The number of aryl methyl sites for hydroxylation is 2. The highest BCUT2D eigenvalue weighted by Gasteiger charge is 2.33. The van der Waals surface area contributed by atoms with E-state index in [4.69, 9.17) is 14.5 Å². The van der Waals surface area contributed by atoms with Crippen molar-refractivity contribution in [2.24, 2.45) is 13.0 Å². The highest BCUT2D eigenvalue weighted by molar-refractivity contribution is 6.08. The molecular weight excluding hydrogens is 829 g/mol. The van der Waals surface area contributed by atoms with E-state index in [1.807, 2.05) is 38.1 Å². The van der Waals surface area contributed by atoms with Crippen molar-refractivity contribution in [1.82, 2.24) is 43.7 Å². The number of halogens is 2. The standard InChI is InChI=1S/C45H57F2N11O6/c1-27-23-55(24-28(2)64-27)37-17-20-56-42(50-37)33(22-48-56)43(60)49-34-26-57(52-39(34)41(46)47)31-11-9-29(10-12-31)25-54-18-15-32(16-19-54)63-21-5-7-30-6-4-8-35-40(30)53(3)45(62)58(35)36-13-14-38(59)51-44(36)61/h4,6,8,17,20,22,26-29,31-32,36,41H,5,7,9-16,18-19,21,23-25H2,1-3H3,(H,49,60)(H,51,59,61)/t27-,28+,29-,31-,36?. The second kappa shape index (κ2) is 18.5. The zero-order valence-electron chi connectivity index (χ0n) is 36.6. The first-order valence-corrected chi connectivity index (χ1v) is 22.7. The topological polar surface area (TPSA) is 175 Å². The van der Waals surface area contributed by atoms with Crippen LogP contribution in [0.25, 0.3) is 16.7 Å². The lowest BCUT2D eigenvalue weighted by molar-refractivity contribution is -0.135. The van der Waals surface area contributed by atoms with Gasteiger partial charge in [-0.25, -0.2) is 23.1 Å². The van der Waals surface area contributed by atoms with Gasteiger partial charge in [0.25, 0.3) is 12.3 Å². The summed E-state index contributed by atoms with van der Waals surface area (Å²) in [6, 6.07) is 6.87. The van der Waals surface area contributed by atoms with Crippen LogP contribution in [0.3, 0.4) is 0 Å². The van der Waals surface area contributed by atoms with Gasteiger partial charge in [0.1, 0.15) is 17.4 Å². The third-order valence-corrected chi connectivity index (χ3v) is 13.5. The van der Waals surface area contributed by atoms with Crippen LogP contribution in [-0.4, -0.2) is 114 Å². The summed E-state index contributed by atoms with van der Waals surface area (Å²) < 4.78 is 47.1. The van der Waals surface area contributed by atoms with Crippen LogP contribution in [0, 0.1) is 5.92 Å². The van der Waals surface area contributed by atoms with Crippen LogP contribution in [0.15, 0.2) is 47.7 Å². The summed E-state index contributed by atoms with van der Waals surface area (Å²) in [6.45, 7) is 8.81. The SMILES string of the molecule is C[C@@H]1CN(c2ccn3ncc(C(=O)Nc4cn([C@H]5CC[C@H](CN6CCC(OCCCc7cccc8c7n(C)c(=O)n8C7CCC(=O)NC7=O)CC6)CC5)nc4C(F)F)c3n2)C[C@H](C)O1. The number of morpholine rings is 1. The number of nitrogens with one attached hydrogen (secondary N) is 2. The highest BCUT2D eigenvalue weighted by Crippen LogP contribution is 2.36. The normalized spacial score (nSPS) is 24.0. The van der Waals surface area contributed by atoms with Crippen molar-refractivity contribution in [3.8, 4) is 0 Å². The van der Waals surface area contributed by atoms with Crippen molar-refractivity contribution in [3.63, 3.8) is 0 Å². The van der Waals surface area contributed by atoms with E-state index in [1.54, 1.807) is 28.7 Å². The molecule has 1 aromatic carbocycles. The molecule has 1 aliphatic carbocycles. The van der Waals surface area contributed by atoms with E-state index in [9.17, 15) is 28.0 Å². The smallest absolute Gasteiger partial charge is 0.329 e. The van der Waals surface area contributed by atoms with Gasteiger partial charge in [-0.05, 0) is 95.2 Å². The summed E-state index contributed by atoms with van der Waals surface area (Å²) in [6.07, 6.45) is 9.50. The summed E-state index contributed by atoms with van der Waals surface area (Å²) in [4.78, 5) is 60.6. The van der Waals surface area contributed by atoms with Crippen LogP contribution >= 0.6 is 0 Å². The molecule has 3 saturated heterocycles. The third-order valence-electron chi connectivity index (χ3n) is 13.5. The number of para-hydroxylation sites is 1. The van der Waals surface area contributed by atoms with Crippen LogP contribution in [-0.2, 0) is 32.5 Å². The molecule has 7 heterocycles. The molecule has 19 heteroatoms. The molecule has 3 aliphatic heterocycles. The number of ether oxygens (including phenoxy) is 2. The van der Waals surface area contributed by atoms with Crippen LogP contribution in [0.4, 0.5) is 20.3 Å². The van der Waals surface area contributed by atoms with Gasteiger partial charge in [-0.1, -0.05) is 12.1 Å². The van der Waals surface area contributed by atoms with Gasteiger partial charge in [0.05, 0.1) is 47.3 Å². The van der Waals surface area contributed by atoms with Crippen LogP contribution in [0.5, 0.6) is 0 Å². The number of piperidine rings is 2. The van der Waals surface area contributed by atoms with E-state index < -0.39 is 30.0 Å². The van der Waals surface area contributed by atoms with E-state index in [2.05, 4.69) is 30.6 Å². The molecule has 64 heavy (non-hydrogen) atoms. The van der Waals surface area contributed by atoms with Gasteiger partial charge in [0, 0.05) is 65.2 Å². The maximum Gasteiger partial charge on any atom is 0.329 e. The zero-order valence-corrected chi connectivity index (χ0v) is 36.6. The molecule has 3 atom stereocenters. The molecule has 9 rings (SSSR count). The van der Waals surface area contributed by atoms with Gasteiger partial charge < -0.3 is 24.6 Å². The predicted octanol–water partition coefficient (Wildman–Crippen LogP) is 5.21. The minimum Gasteiger partial charge on any atom is -0.378 e. The summed E-state index contributed by atoms with van der Waals surface area (Å²) in [5, 5.41) is 13.6. The minimum absolute atomic E-state index is 0.00964. The quantitative estimate of drug-likeness (QED) is 0.117. The number of benzene rings is 1. The molecule has 3 amide bonds. The molecule has 0 radical (unpaired) electrons. The lowest BCUT2D eigenvalue weighted by Gasteiger charge is -2.36. The van der Waals surface area contributed by atoms with Gasteiger partial charge in [0.15, 0.2) is 11.3 Å². The average Bonchev–Trinajstić information content (AvgIpc) is 3.97. The Labute approximate surface area is 369 Å². The first-order chi connectivity index (χ1) is 30.9. The third kappa shape index (κ3) is 9.06. The number of fused-ring (bicyclic) bond motifs is 2. The maximum absolute atomic E-state index is 14.3. The number of rotatable bonds is 13. The second-order valence-electron chi connectivity index (χ2n) is 18.0. The molecule has 1 unspecified atom stereocenters. The average molecular weight is 886 g/mol. The predicted molar refractivity (Wildman–Crippen MR) is 234 cm³/mol. The number of hydrogen-bond acceptors (Lipinski definition) is 11. The Balaban J connectivity index is 0.732. The van der Waals surface area contributed by atoms with Gasteiger partial charge >= 0.3 is 5.69 Å². The fourth-order valence-corrected chi connectivity index (χ4v) is 10.3. The second-order valence-corrected chi connectivity index (χ2v) is 18.0. The Morgan fingerprint density at radius 1 is 1.02 bits per heavy atom. The molecule has 4 aromatic heterocycles. The minimum atomic E-state index is -2.86. The molecule has 4 fully saturated rings. The van der Waals surface area contributed by atoms with E-state index in [-0.39, 0.29) is 53.6 Å². The number of imide groups is 1. The van der Waals surface area contributed by atoms with Crippen LogP contribution < -0.4 is 21.2 Å². The number of hydrogen-bond donors (Lipinski definition) is 2. The highest BCUT2D eigenvalue weighted by atomic mass is 19.3. The first kappa shape index (κ1) is 43.7. The molecular formula is C45H57F2N11O6. The van der Waals surface area contributed by atoms with Crippen molar-refractivity contribution in [2.75, 3.05) is 49.5 Å². The number of anilines is 2. The van der Waals surface area contributed by atoms with Crippen molar-refractivity contribution >= 4 is 45.9 Å². The number of aromatic nitrogens is 7. The van der Waals surface area contributed by atoms with Gasteiger partial charge in [0.2, 0.25) is 11.8 Å². The van der Waals surface area contributed by atoms with Crippen molar-refractivity contribution in [3.05, 3.63) is 70.2 Å². The monoisotopic (exact) mass is 885 g/mol. The van der Waals surface area contributed by atoms with Crippen LogP contribution in [0.1, 0.15) is 112 Å². The first-order valence-electron chi connectivity index (χ1n) is 22.7. The van der Waals surface area contributed by atoms with Gasteiger partial charge in [-0.15, -0.1) is 0 Å². The summed E-state index contributed by atoms with van der Waals surface area (Å²) in [7, 11) is 1.72. The number of imidazole rings is 1. The maximum atomic E-state index is 14.3. The summed E-state index contributed by atoms with van der Waals surface area (Å²) >= 11 is 0. The molecule has 342 valence electrons. The van der Waals surface area contributed by atoms with Crippen molar-refractivity contribution in [1.29, 1.82) is 0 Å².